The molecule has 0 spiro atoms. The SMILES string of the molecule is CC(C)c1ccc(CN(C(=O)c2n[nH]c(=O)c3ccccc23)C2CC2)cc1. The monoisotopic (exact) mass is 361 g/mol. The lowest BCUT2D eigenvalue weighted by atomic mass is 10.0. The summed E-state index contributed by atoms with van der Waals surface area (Å²) in [5.41, 5.74) is 2.44. The van der Waals surface area contributed by atoms with Gasteiger partial charge in [-0.3, -0.25) is 9.59 Å². The first kappa shape index (κ1) is 17.5. The predicted octanol–water partition coefficient (Wildman–Crippen LogP) is 3.85. The number of nitrogens with zero attached hydrogens (tertiary/aromatic N) is 2. The molecule has 4 rings (SSSR count). The van der Waals surface area contributed by atoms with Crippen LogP contribution in [0.1, 0.15) is 54.2 Å². The van der Waals surface area contributed by atoms with Gasteiger partial charge >= 0.3 is 0 Å². The van der Waals surface area contributed by atoms with Crippen LogP contribution >= 0.6 is 0 Å². The lowest BCUT2D eigenvalue weighted by Crippen LogP contribution is -2.34. The summed E-state index contributed by atoms with van der Waals surface area (Å²) in [6, 6.07) is 15.8. The van der Waals surface area contributed by atoms with Crippen molar-refractivity contribution in [1.29, 1.82) is 0 Å². The lowest BCUT2D eigenvalue weighted by molar-refractivity contribution is 0.0725. The summed E-state index contributed by atoms with van der Waals surface area (Å²) in [5.74, 6) is 0.356. The number of amides is 1. The van der Waals surface area contributed by atoms with Gasteiger partial charge in [-0.25, -0.2) is 5.10 Å². The Morgan fingerprint density at radius 2 is 1.78 bits per heavy atom. The summed E-state index contributed by atoms with van der Waals surface area (Å²) in [7, 11) is 0. The Bertz CT molecular complexity index is 1030. The zero-order valence-corrected chi connectivity index (χ0v) is 15.6. The van der Waals surface area contributed by atoms with Gasteiger partial charge in [-0.1, -0.05) is 56.3 Å². The summed E-state index contributed by atoms with van der Waals surface area (Å²) >= 11 is 0. The molecule has 138 valence electrons. The number of fused-ring (bicyclic) bond motifs is 1. The Kier molecular flexibility index (Phi) is 4.52. The maximum absolute atomic E-state index is 13.3. The van der Waals surface area contributed by atoms with Crippen molar-refractivity contribution in [3.63, 3.8) is 0 Å². The maximum Gasteiger partial charge on any atom is 0.275 e. The normalized spacial score (nSPS) is 13.9. The standard InChI is InChI=1S/C22H23N3O2/c1-14(2)16-9-7-15(8-10-16)13-25(17-11-12-17)22(27)20-18-5-3-4-6-19(18)21(26)24-23-20/h3-10,14,17H,11-13H2,1-2H3,(H,24,26). The molecule has 1 aliphatic carbocycles. The van der Waals surface area contributed by atoms with E-state index in [1.165, 1.54) is 5.56 Å². The molecule has 5 nitrogen and oxygen atoms in total. The molecule has 1 saturated carbocycles. The molecule has 1 aromatic heterocycles. The molecular formula is C22H23N3O2. The number of rotatable bonds is 5. The van der Waals surface area contributed by atoms with Crippen molar-refractivity contribution in [3.8, 4) is 0 Å². The average molecular weight is 361 g/mol. The van der Waals surface area contributed by atoms with E-state index in [9.17, 15) is 9.59 Å². The van der Waals surface area contributed by atoms with Gasteiger partial charge in [0.25, 0.3) is 11.5 Å². The second kappa shape index (κ2) is 6.99. The van der Waals surface area contributed by atoms with Crippen molar-refractivity contribution in [2.45, 2.75) is 45.2 Å². The molecule has 5 heteroatoms. The van der Waals surface area contributed by atoms with Gasteiger partial charge in [0.05, 0.1) is 5.39 Å². The molecule has 0 saturated heterocycles. The van der Waals surface area contributed by atoms with Crippen LogP contribution in [0.15, 0.2) is 53.3 Å². The summed E-state index contributed by atoms with van der Waals surface area (Å²) in [4.78, 5) is 27.2. The Hall–Kier alpha value is -2.95. The molecule has 3 aromatic rings. The first-order valence-electron chi connectivity index (χ1n) is 9.42. The topological polar surface area (TPSA) is 66.1 Å². The number of H-pyrrole nitrogens is 1. The highest BCUT2D eigenvalue weighted by atomic mass is 16.2. The van der Waals surface area contributed by atoms with E-state index in [1.807, 2.05) is 11.0 Å². The molecule has 0 bridgehead atoms. The molecule has 1 aliphatic rings. The highest BCUT2D eigenvalue weighted by Gasteiger charge is 2.34. The van der Waals surface area contributed by atoms with Crippen molar-refractivity contribution >= 4 is 16.7 Å². The van der Waals surface area contributed by atoms with Gasteiger partial charge in [-0.05, 0) is 36.0 Å². The third-order valence-electron chi connectivity index (χ3n) is 5.15. The number of aromatic amines is 1. The summed E-state index contributed by atoms with van der Waals surface area (Å²) in [6.07, 6.45) is 2.02. The number of nitrogens with one attached hydrogen (secondary N) is 1. The Labute approximate surface area is 158 Å². The Balaban J connectivity index is 1.66. The van der Waals surface area contributed by atoms with Crippen LogP contribution in [0.25, 0.3) is 10.8 Å². The molecule has 1 heterocycles. The third kappa shape index (κ3) is 3.50. The quantitative estimate of drug-likeness (QED) is 0.751. The fraction of sp³-hybridized carbons (Fsp3) is 0.318. The van der Waals surface area contributed by atoms with Crippen LogP contribution in [-0.4, -0.2) is 27.0 Å². The number of carbonyl (C=O) groups excluding carboxylic acids is 1. The lowest BCUT2D eigenvalue weighted by Gasteiger charge is -2.23. The molecular weight excluding hydrogens is 338 g/mol. The van der Waals surface area contributed by atoms with Gasteiger partial charge in [-0.15, -0.1) is 0 Å². The van der Waals surface area contributed by atoms with Gasteiger partial charge in [-0.2, -0.15) is 5.10 Å². The zero-order valence-electron chi connectivity index (χ0n) is 15.6. The highest BCUT2D eigenvalue weighted by Crippen LogP contribution is 2.30. The van der Waals surface area contributed by atoms with E-state index < -0.39 is 0 Å². The largest absolute Gasteiger partial charge is 0.330 e. The maximum atomic E-state index is 13.3. The summed E-state index contributed by atoms with van der Waals surface area (Å²) in [5, 5.41) is 7.65. The number of hydrogen-bond donors (Lipinski definition) is 1. The summed E-state index contributed by atoms with van der Waals surface area (Å²) < 4.78 is 0. The van der Waals surface area contributed by atoms with Crippen LogP contribution in [0.5, 0.6) is 0 Å². The van der Waals surface area contributed by atoms with E-state index in [-0.39, 0.29) is 17.5 Å². The molecule has 0 unspecified atom stereocenters. The molecule has 2 aromatic carbocycles. The van der Waals surface area contributed by atoms with Crippen LogP contribution in [0.4, 0.5) is 0 Å². The first-order valence-corrected chi connectivity index (χ1v) is 9.42. The van der Waals surface area contributed by atoms with Crippen molar-refractivity contribution < 1.29 is 4.79 Å². The van der Waals surface area contributed by atoms with Crippen LogP contribution in [0, 0.1) is 0 Å². The van der Waals surface area contributed by atoms with Gasteiger partial charge in [0.15, 0.2) is 5.69 Å². The number of hydrogen-bond acceptors (Lipinski definition) is 3. The molecule has 0 atom stereocenters. The second-order valence-electron chi connectivity index (χ2n) is 7.51. The van der Waals surface area contributed by atoms with E-state index in [2.05, 4.69) is 48.3 Å². The number of carbonyl (C=O) groups is 1. The molecule has 0 radical (unpaired) electrons. The van der Waals surface area contributed by atoms with Crippen molar-refractivity contribution in [2.24, 2.45) is 0 Å². The predicted molar refractivity (Wildman–Crippen MR) is 106 cm³/mol. The van der Waals surface area contributed by atoms with Gasteiger partial charge in [0.1, 0.15) is 0 Å². The van der Waals surface area contributed by atoms with Gasteiger partial charge < -0.3 is 4.90 Å². The minimum Gasteiger partial charge on any atom is -0.330 e. The smallest absolute Gasteiger partial charge is 0.275 e. The average Bonchev–Trinajstić information content (AvgIpc) is 3.51. The van der Waals surface area contributed by atoms with Crippen LogP contribution < -0.4 is 5.56 Å². The van der Waals surface area contributed by atoms with Crippen LogP contribution in [0.3, 0.4) is 0 Å². The molecule has 0 aliphatic heterocycles. The van der Waals surface area contributed by atoms with Gasteiger partial charge in [0, 0.05) is 18.0 Å². The fourth-order valence-corrected chi connectivity index (χ4v) is 3.37. The van der Waals surface area contributed by atoms with Crippen LogP contribution in [0.2, 0.25) is 0 Å². The van der Waals surface area contributed by atoms with Crippen molar-refractivity contribution in [2.75, 3.05) is 0 Å². The minimum atomic E-state index is -0.274. The fourth-order valence-electron chi connectivity index (χ4n) is 3.37. The van der Waals surface area contributed by atoms with E-state index >= 15 is 0 Å². The van der Waals surface area contributed by atoms with Crippen LogP contribution in [-0.2, 0) is 6.54 Å². The highest BCUT2D eigenvalue weighted by molar-refractivity contribution is 6.04. The molecule has 1 N–H and O–H groups in total. The number of benzene rings is 2. The minimum absolute atomic E-state index is 0.127. The third-order valence-corrected chi connectivity index (χ3v) is 5.15. The van der Waals surface area contributed by atoms with Crippen molar-refractivity contribution in [3.05, 3.63) is 75.7 Å². The molecule has 1 amide bonds. The molecule has 1 fully saturated rings. The van der Waals surface area contributed by atoms with E-state index in [0.717, 1.165) is 18.4 Å². The van der Waals surface area contributed by atoms with E-state index in [4.69, 9.17) is 0 Å². The van der Waals surface area contributed by atoms with E-state index in [0.29, 0.717) is 28.9 Å². The summed E-state index contributed by atoms with van der Waals surface area (Å²) in [6.45, 7) is 4.89. The first-order chi connectivity index (χ1) is 13.0. The van der Waals surface area contributed by atoms with Gasteiger partial charge in [0.2, 0.25) is 0 Å². The van der Waals surface area contributed by atoms with Crippen molar-refractivity contribution in [1.82, 2.24) is 15.1 Å². The zero-order chi connectivity index (χ0) is 19.0. The Morgan fingerprint density at radius 1 is 1.11 bits per heavy atom. The molecule has 27 heavy (non-hydrogen) atoms. The number of aromatic nitrogens is 2. The van der Waals surface area contributed by atoms with E-state index in [1.54, 1.807) is 18.2 Å². The Morgan fingerprint density at radius 3 is 2.41 bits per heavy atom. The second-order valence-corrected chi connectivity index (χ2v) is 7.51.